The van der Waals surface area contributed by atoms with Crippen molar-refractivity contribution in [1.29, 1.82) is 0 Å². The summed E-state index contributed by atoms with van der Waals surface area (Å²) in [6.07, 6.45) is 0. The standard InChI is InChI=1S/C11H14ClN/c1-9(8-13(2)3)10-4-6-11(12)7-5-10/h4-7H,1,8H2,2-3H3. The monoisotopic (exact) mass is 195 g/mol. The molecule has 0 aliphatic carbocycles. The van der Waals surface area contributed by atoms with Crippen molar-refractivity contribution < 1.29 is 0 Å². The summed E-state index contributed by atoms with van der Waals surface area (Å²) in [6.45, 7) is 4.89. The summed E-state index contributed by atoms with van der Waals surface area (Å²) in [5.41, 5.74) is 2.26. The maximum absolute atomic E-state index is 5.78. The highest BCUT2D eigenvalue weighted by Crippen LogP contribution is 2.16. The number of benzene rings is 1. The number of hydrogen-bond acceptors (Lipinski definition) is 1. The third kappa shape index (κ3) is 3.21. The van der Waals surface area contributed by atoms with Gasteiger partial charge in [0.05, 0.1) is 0 Å². The third-order valence-electron chi connectivity index (χ3n) is 1.76. The van der Waals surface area contributed by atoms with Gasteiger partial charge in [0.1, 0.15) is 0 Å². The normalized spacial score (nSPS) is 10.5. The Hall–Kier alpha value is -0.790. The Morgan fingerprint density at radius 2 is 1.85 bits per heavy atom. The average molecular weight is 196 g/mol. The lowest BCUT2D eigenvalue weighted by molar-refractivity contribution is 0.463. The van der Waals surface area contributed by atoms with E-state index in [1.165, 1.54) is 0 Å². The van der Waals surface area contributed by atoms with Gasteiger partial charge in [-0.2, -0.15) is 0 Å². The van der Waals surface area contributed by atoms with Crippen molar-refractivity contribution in [3.8, 4) is 0 Å². The van der Waals surface area contributed by atoms with E-state index in [1.807, 2.05) is 38.4 Å². The highest BCUT2D eigenvalue weighted by molar-refractivity contribution is 6.30. The lowest BCUT2D eigenvalue weighted by Gasteiger charge is -2.12. The largest absolute Gasteiger partial charge is 0.305 e. The van der Waals surface area contributed by atoms with Gasteiger partial charge in [0.2, 0.25) is 0 Å². The number of likely N-dealkylation sites (N-methyl/N-ethyl adjacent to an activating group) is 1. The van der Waals surface area contributed by atoms with E-state index in [2.05, 4.69) is 11.5 Å². The Morgan fingerprint density at radius 3 is 2.31 bits per heavy atom. The molecule has 1 aromatic carbocycles. The van der Waals surface area contributed by atoms with Crippen molar-refractivity contribution in [3.63, 3.8) is 0 Å². The molecule has 0 radical (unpaired) electrons. The first-order valence-corrected chi connectivity index (χ1v) is 4.56. The Balaban J connectivity index is 2.72. The summed E-state index contributed by atoms with van der Waals surface area (Å²) >= 11 is 5.78. The zero-order valence-corrected chi connectivity index (χ0v) is 8.80. The molecule has 1 nitrogen and oxygen atoms in total. The van der Waals surface area contributed by atoms with Crippen molar-refractivity contribution in [2.45, 2.75) is 0 Å². The van der Waals surface area contributed by atoms with Crippen LogP contribution in [0.1, 0.15) is 5.56 Å². The van der Waals surface area contributed by atoms with Gasteiger partial charge >= 0.3 is 0 Å². The van der Waals surface area contributed by atoms with Gasteiger partial charge in [0, 0.05) is 11.6 Å². The fraction of sp³-hybridized carbons (Fsp3) is 0.273. The quantitative estimate of drug-likeness (QED) is 0.717. The van der Waals surface area contributed by atoms with E-state index in [0.717, 1.165) is 22.7 Å². The Morgan fingerprint density at radius 1 is 1.31 bits per heavy atom. The lowest BCUT2D eigenvalue weighted by atomic mass is 10.1. The summed E-state index contributed by atoms with van der Waals surface area (Å²) in [5.74, 6) is 0. The van der Waals surface area contributed by atoms with Crippen molar-refractivity contribution in [2.24, 2.45) is 0 Å². The van der Waals surface area contributed by atoms with Crippen molar-refractivity contribution in [2.75, 3.05) is 20.6 Å². The topological polar surface area (TPSA) is 3.24 Å². The van der Waals surface area contributed by atoms with Gasteiger partial charge in [-0.25, -0.2) is 0 Å². The first-order chi connectivity index (χ1) is 6.09. The molecule has 0 atom stereocenters. The predicted molar refractivity (Wildman–Crippen MR) is 59.0 cm³/mol. The van der Waals surface area contributed by atoms with Crippen molar-refractivity contribution >= 4 is 17.2 Å². The van der Waals surface area contributed by atoms with Crippen molar-refractivity contribution in [1.82, 2.24) is 4.90 Å². The molecule has 0 N–H and O–H groups in total. The summed E-state index contributed by atoms with van der Waals surface area (Å²) in [5, 5.41) is 0.765. The minimum Gasteiger partial charge on any atom is -0.305 e. The number of halogens is 1. The zero-order valence-electron chi connectivity index (χ0n) is 8.05. The highest BCUT2D eigenvalue weighted by atomic mass is 35.5. The molecule has 2 heteroatoms. The highest BCUT2D eigenvalue weighted by Gasteiger charge is 1.99. The molecule has 0 spiro atoms. The molecule has 13 heavy (non-hydrogen) atoms. The van der Waals surface area contributed by atoms with Gasteiger partial charge in [-0.15, -0.1) is 0 Å². The molecule has 1 aromatic rings. The first kappa shape index (κ1) is 10.3. The maximum atomic E-state index is 5.78. The van der Waals surface area contributed by atoms with E-state index in [-0.39, 0.29) is 0 Å². The first-order valence-electron chi connectivity index (χ1n) is 4.18. The van der Waals surface area contributed by atoms with Crippen LogP contribution in [0, 0.1) is 0 Å². The van der Waals surface area contributed by atoms with Crippen LogP contribution in [0.2, 0.25) is 5.02 Å². The Bertz CT molecular complexity index is 287. The van der Waals surface area contributed by atoms with Crippen molar-refractivity contribution in [3.05, 3.63) is 41.4 Å². The molecule has 0 unspecified atom stereocenters. The van der Waals surface area contributed by atoms with Crippen LogP contribution in [0.3, 0.4) is 0 Å². The molecule has 0 aliphatic heterocycles. The predicted octanol–water partition coefficient (Wildman–Crippen LogP) is 2.91. The summed E-state index contributed by atoms with van der Waals surface area (Å²) < 4.78 is 0. The van der Waals surface area contributed by atoms with Gasteiger partial charge in [0.15, 0.2) is 0 Å². The molecule has 0 saturated heterocycles. The number of rotatable bonds is 3. The minimum absolute atomic E-state index is 0.765. The Kier molecular flexibility index (Phi) is 3.52. The third-order valence-corrected chi connectivity index (χ3v) is 2.01. The molecule has 0 bridgehead atoms. The number of nitrogens with zero attached hydrogens (tertiary/aromatic N) is 1. The number of hydrogen-bond donors (Lipinski definition) is 0. The van der Waals surface area contributed by atoms with E-state index in [0.29, 0.717) is 0 Å². The maximum Gasteiger partial charge on any atom is 0.0406 e. The molecule has 70 valence electrons. The van der Waals surface area contributed by atoms with Gasteiger partial charge < -0.3 is 4.90 Å². The lowest BCUT2D eigenvalue weighted by Crippen LogP contribution is -2.13. The summed E-state index contributed by atoms with van der Waals surface area (Å²) in [7, 11) is 4.06. The van der Waals surface area contributed by atoms with E-state index < -0.39 is 0 Å². The van der Waals surface area contributed by atoms with Crippen LogP contribution in [0.25, 0.3) is 5.57 Å². The fourth-order valence-electron chi connectivity index (χ4n) is 1.16. The molecule has 1 rings (SSSR count). The van der Waals surface area contributed by atoms with Crippen LogP contribution in [-0.4, -0.2) is 25.5 Å². The minimum atomic E-state index is 0.765. The van der Waals surface area contributed by atoms with Gasteiger partial charge in [-0.1, -0.05) is 30.3 Å². The molecule has 0 heterocycles. The summed E-state index contributed by atoms with van der Waals surface area (Å²) in [6, 6.07) is 7.76. The molecular formula is C11H14ClN. The van der Waals surface area contributed by atoms with Gasteiger partial charge in [-0.3, -0.25) is 0 Å². The van der Waals surface area contributed by atoms with Gasteiger partial charge in [0.25, 0.3) is 0 Å². The van der Waals surface area contributed by atoms with Crippen LogP contribution in [0.5, 0.6) is 0 Å². The van der Waals surface area contributed by atoms with E-state index >= 15 is 0 Å². The molecule has 0 aromatic heterocycles. The SMILES string of the molecule is C=C(CN(C)C)c1ccc(Cl)cc1. The fourth-order valence-corrected chi connectivity index (χ4v) is 1.28. The molecule has 0 fully saturated rings. The van der Waals surface area contributed by atoms with Crippen LogP contribution >= 0.6 is 11.6 Å². The Labute approximate surface area is 84.6 Å². The van der Waals surface area contributed by atoms with E-state index in [4.69, 9.17) is 11.6 Å². The second-order valence-electron chi connectivity index (χ2n) is 3.35. The molecular weight excluding hydrogens is 182 g/mol. The molecule has 0 saturated carbocycles. The van der Waals surface area contributed by atoms with E-state index in [1.54, 1.807) is 0 Å². The summed E-state index contributed by atoms with van der Waals surface area (Å²) in [4.78, 5) is 2.09. The van der Waals surface area contributed by atoms with Crippen LogP contribution in [-0.2, 0) is 0 Å². The van der Waals surface area contributed by atoms with E-state index in [9.17, 15) is 0 Å². The average Bonchev–Trinajstić information content (AvgIpc) is 2.04. The molecule has 0 aliphatic rings. The molecule has 0 amide bonds. The van der Waals surface area contributed by atoms with Crippen LogP contribution in [0.4, 0.5) is 0 Å². The smallest absolute Gasteiger partial charge is 0.0406 e. The van der Waals surface area contributed by atoms with Gasteiger partial charge in [-0.05, 0) is 37.4 Å². The van der Waals surface area contributed by atoms with Crippen LogP contribution < -0.4 is 0 Å². The second-order valence-corrected chi connectivity index (χ2v) is 3.78. The van der Waals surface area contributed by atoms with Crippen LogP contribution in [0.15, 0.2) is 30.8 Å². The second kappa shape index (κ2) is 4.45. The zero-order chi connectivity index (χ0) is 9.84.